The van der Waals surface area contributed by atoms with Crippen LogP contribution in [0.25, 0.3) is 0 Å². The number of likely N-dealkylation sites (tertiary alicyclic amines) is 1. The van der Waals surface area contributed by atoms with Crippen LogP contribution in [0.3, 0.4) is 0 Å². The van der Waals surface area contributed by atoms with Gasteiger partial charge in [0.05, 0.1) is 5.69 Å². The predicted molar refractivity (Wildman–Crippen MR) is 55.1 cm³/mol. The zero-order valence-electron chi connectivity index (χ0n) is 7.21. The monoisotopic (exact) mass is 260 g/mol. The first kappa shape index (κ1) is 9.15. The molecule has 0 N–H and O–H groups in total. The summed E-state index contributed by atoms with van der Waals surface area (Å²) in [5.41, 5.74) is 0.828. The number of aryl methyl sites for hydroxylation is 1. The molecule has 5 heteroatoms. The standard InChI is InChI=1S/C8H9BrN2OS/c1-5-6(13-8(9)10-5)7(12)11-3-2-4-11/h2-4H2,1H3. The number of thiazole rings is 1. The second-order valence-electron chi connectivity index (χ2n) is 3.03. The molecule has 0 atom stereocenters. The molecule has 0 aromatic carbocycles. The minimum atomic E-state index is 0.131. The molecule has 1 saturated heterocycles. The van der Waals surface area contributed by atoms with Gasteiger partial charge in [0.2, 0.25) is 0 Å². The molecule has 3 nitrogen and oxygen atoms in total. The molecule has 0 radical (unpaired) electrons. The van der Waals surface area contributed by atoms with Gasteiger partial charge in [-0.25, -0.2) is 4.98 Å². The van der Waals surface area contributed by atoms with Crippen LogP contribution < -0.4 is 0 Å². The molecule has 13 heavy (non-hydrogen) atoms. The summed E-state index contributed by atoms with van der Waals surface area (Å²) in [7, 11) is 0. The largest absolute Gasteiger partial charge is 0.338 e. The Hall–Kier alpha value is -0.420. The van der Waals surface area contributed by atoms with Crippen molar-refractivity contribution in [3.8, 4) is 0 Å². The van der Waals surface area contributed by atoms with Crippen molar-refractivity contribution < 1.29 is 4.79 Å². The second-order valence-corrected chi connectivity index (χ2v) is 5.30. The van der Waals surface area contributed by atoms with Crippen LogP contribution in [-0.2, 0) is 0 Å². The molecule has 0 bridgehead atoms. The smallest absolute Gasteiger partial charge is 0.265 e. The molecule has 1 aliphatic rings. The molecule has 1 aromatic heterocycles. The van der Waals surface area contributed by atoms with E-state index in [4.69, 9.17) is 0 Å². The quantitative estimate of drug-likeness (QED) is 0.775. The van der Waals surface area contributed by atoms with E-state index in [1.807, 2.05) is 11.8 Å². The summed E-state index contributed by atoms with van der Waals surface area (Å²) in [6, 6.07) is 0. The number of nitrogens with zero attached hydrogens (tertiary/aromatic N) is 2. The minimum Gasteiger partial charge on any atom is -0.338 e. The van der Waals surface area contributed by atoms with E-state index >= 15 is 0 Å². The lowest BCUT2D eigenvalue weighted by Crippen LogP contribution is -2.41. The Balaban J connectivity index is 2.23. The lowest BCUT2D eigenvalue weighted by atomic mass is 10.2. The maximum atomic E-state index is 11.7. The fourth-order valence-corrected chi connectivity index (χ4v) is 2.74. The summed E-state index contributed by atoms with van der Waals surface area (Å²) in [5.74, 6) is 0.131. The molecule has 1 fully saturated rings. The maximum Gasteiger partial charge on any atom is 0.265 e. The van der Waals surface area contributed by atoms with Gasteiger partial charge in [-0.3, -0.25) is 4.79 Å². The summed E-state index contributed by atoms with van der Waals surface area (Å²) in [5, 5.41) is 0. The highest BCUT2D eigenvalue weighted by Crippen LogP contribution is 2.25. The highest BCUT2D eigenvalue weighted by Gasteiger charge is 2.24. The molecular weight excluding hydrogens is 252 g/mol. The van der Waals surface area contributed by atoms with Gasteiger partial charge in [0.25, 0.3) is 5.91 Å². The van der Waals surface area contributed by atoms with Gasteiger partial charge in [-0.2, -0.15) is 0 Å². The van der Waals surface area contributed by atoms with Crippen molar-refractivity contribution in [2.75, 3.05) is 13.1 Å². The molecule has 1 aromatic rings. The average Bonchev–Trinajstić information content (AvgIpc) is 2.26. The number of carbonyl (C=O) groups excluding carboxylic acids is 1. The maximum absolute atomic E-state index is 11.7. The predicted octanol–water partition coefficient (Wildman–Crippen LogP) is 2.06. The molecule has 2 heterocycles. The summed E-state index contributed by atoms with van der Waals surface area (Å²) in [4.78, 5) is 18.5. The highest BCUT2D eigenvalue weighted by molar-refractivity contribution is 9.11. The number of hydrogen-bond donors (Lipinski definition) is 0. The van der Waals surface area contributed by atoms with Crippen LogP contribution in [-0.4, -0.2) is 28.9 Å². The van der Waals surface area contributed by atoms with Crippen LogP contribution in [0.5, 0.6) is 0 Å². The Morgan fingerprint density at radius 3 is 2.69 bits per heavy atom. The summed E-state index contributed by atoms with van der Waals surface area (Å²) < 4.78 is 0.786. The van der Waals surface area contributed by atoms with E-state index in [1.165, 1.54) is 11.3 Å². The number of halogens is 1. The van der Waals surface area contributed by atoms with Gasteiger partial charge in [0.1, 0.15) is 4.88 Å². The lowest BCUT2D eigenvalue weighted by molar-refractivity contribution is 0.0656. The van der Waals surface area contributed by atoms with Crippen LogP contribution in [0, 0.1) is 6.92 Å². The minimum absolute atomic E-state index is 0.131. The number of carbonyl (C=O) groups is 1. The first-order valence-corrected chi connectivity index (χ1v) is 5.71. The third-order valence-corrected chi connectivity index (χ3v) is 3.70. The van der Waals surface area contributed by atoms with E-state index in [9.17, 15) is 4.79 Å². The number of amides is 1. The van der Waals surface area contributed by atoms with Gasteiger partial charge in [-0.05, 0) is 29.3 Å². The van der Waals surface area contributed by atoms with Crippen molar-refractivity contribution in [1.82, 2.24) is 9.88 Å². The van der Waals surface area contributed by atoms with E-state index in [0.717, 1.165) is 34.0 Å². The van der Waals surface area contributed by atoms with Crippen molar-refractivity contribution in [3.05, 3.63) is 14.5 Å². The van der Waals surface area contributed by atoms with Crippen LogP contribution in [0.2, 0.25) is 0 Å². The van der Waals surface area contributed by atoms with E-state index in [-0.39, 0.29) is 5.91 Å². The van der Waals surface area contributed by atoms with Crippen molar-refractivity contribution in [2.45, 2.75) is 13.3 Å². The van der Waals surface area contributed by atoms with Crippen LogP contribution in [0.4, 0.5) is 0 Å². The fraction of sp³-hybridized carbons (Fsp3) is 0.500. The van der Waals surface area contributed by atoms with E-state index < -0.39 is 0 Å². The first-order chi connectivity index (χ1) is 6.18. The molecule has 0 spiro atoms. The zero-order valence-corrected chi connectivity index (χ0v) is 9.61. The molecule has 0 saturated carbocycles. The van der Waals surface area contributed by atoms with Gasteiger partial charge in [-0.1, -0.05) is 0 Å². The zero-order chi connectivity index (χ0) is 9.42. The third-order valence-electron chi connectivity index (χ3n) is 2.11. The molecule has 2 rings (SSSR count). The lowest BCUT2D eigenvalue weighted by Gasteiger charge is -2.30. The molecular formula is C8H9BrN2OS. The van der Waals surface area contributed by atoms with Crippen molar-refractivity contribution in [1.29, 1.82) is 0 Å². The molecule has 0 aliphatic carbocycles. The number of aromatic nitrogens is 1. The summed E-state index contributed by atoms with van der Waals surface area (Å²) in [6.45, 7) is 3.66. The number of rotatable bonds is 1. The van der Waals surface area contributed by atoms with E-state index in [1.54, 1.807) is 0 Å². The van der Waals surface area contributed by atoms with Gasteiger partial charge >= 0.3 is 0 Å². The van der Waals surface area contributed by atoms with Crippen molar-refractivity contribution in [2.24, 2.45) is 0 Å². The van der Waals surface area contributed by atoms with E-state index in [2.05, 4.69) is 20.9 Å². The van der Waals surface area contributed by atoms with Crippen molar-refractivity contribution >= 4 is 33.2 Å². The Morgan fingerprint density at radius 1 is 1.62 bits per heavy atom. The topological polar surface area (TPSA) is 33.2 Å². The fourth-order valence-electron chi connectivity index (χ4n) is 1.22. The summed E-state index contributed by atoms with van der Waals surface area (Å²) in [6.07, 6.45) is 1.13. The first-order valence-electron chi connectivity index (χ1n) is 4.10. The molecule has 0 unspecified atom stereocenters. The molecule has 70 valence electrons. The molecule has 1 aliphatic heterocycles. The Kier molecular flexibility index (Phi) is 2.38. The Labute approximate surface area is 88.9 Å². The SMILES string of the molecule is Cc1nc(Br)sc1C(=O)N1CCC1. The Morgan fingerprint density at radius 2 is 2.31 bits per heavy atom. The number of hydrogen-bond acceptors (Lipinski definition) is 3. The van der Waals surface area contributed by atoms with Gasteiger partial charge in [-0.15, -0.1) is 11.3 Å². The van der Waals surface area contributed by atoms with Crippen LogP contribution >= 0.6 is 27.3 Å². The van der Waals surface area contributed by atoms with Gasteiger partial charge in [0, 0.05) is 13.1 Å². The third kappa shape index (κ3) is 1.62. The normalized spacial score (nSPS) is 15.7. The average molecular weight is 261 g/mol. The molecule has 1 amide bonds. The highest BCUT2D eigenvalue weighted by atomic mass is 79.9. The second kappa shape index (κ2) is 3.38. The van der Waals surface area contributed by atoms with Gasteiger partial charge < -0.3 is 4.90 Å². The van der Waals surface area contributed by atoms with Crippen molar-refractivity contribution in [3.63, 3.8) is 0 Å². The van der Waals surface area contributed by atoms with Crippen LogP contribution in [0.15, 0.2) is 3.92 Å². The Bertz CT molecular complexity index is 346. The van der Waals surface area contributed by atoms with E-state index in [0.29, 0.717) is 0 Å². The van der Waals surface area contributed by atoms with Gasteiger partial charge in [0.15, 0.2) is 3.92 Å². The summed E-state index contributed by atoms with van der Waals surface area (Å²) >= 11 is 4.69. The van der Waals surface area contributed by atoms with Crippen LogP contribution in [0.1, 0.15) is 21.8 Å².